The maximum absolute atomic E-state index is 13.0. The molecule has 0 saturated carbocycles. The second kappa shape index (κ2) is 7.24. The summed E-state index contributed by atoms with van der Waals surface area (Å²) in [5, 5.41) is 3.51. The predicted molar refractivity (Wildman–Crippen MR) is 129 cm³/mol. The van der Waals surface area contributed by atoms with Gasteiger partial charge in [0.1, 0.15) is 11.5 Å². The number of hydrogen-bond donors (Lipinski definition) is 1. The highest BCUT2D eigenvalue weighted by molar-refractivity contribution is 5.97. The SMILES string of the molecule is CCc1ccc2c(c1)Oc1cc(C)c(Nc3ccccc3)cc1C21OC(=O)c2ccccc21. The van der Waals surface area contributed by atoms with Gasteiger partial charge >= 0.3 is 5.97 Å². The number of carbonyl (C=O) groups is 1. The van der Waals surface area contributed by atoms with E-state index in [4.69, 9.17) is 9.47 Å². The molecule has 1 unspecified atom stereocenters. The van der Waals surface area contributed by atoms with Gasteiger partial charge in [-0.15, -0.1) is 0 Å². The quantitative estimate of drug-likeness (QED) is 0.358. The Balaban J connectivity index is 1.61. The highest BCUT2D eigenvalue weighted by Gasteiger charge is 2.53. The van der Waals surface area contributed by atoms with E-state index in [0.717, 1.165) is 45.8 Å². The first kappa shape index (κ1) is 19.6. The Morgan fingerprint density at radius 2 is 1.58 bits per heavy atom. The number of ether oxygens (including phenoxy) is 2. The van der Waals surface area contributed by atoms with Crippen molar-refractivity contribution in [1.29, 1.82) is 0 Å². The van der Waals surface area contributed by atoms with Crippen molar-refractivity contribution in [2.75, 3.05) is 5.32 Å². The molecule has 162 valence electrons. The Kier molecular flexibility index (Phi) is 4.31. The number of nitrogens with one attached hydrogen (secondary N) is 1. The van der Waals surface area contributed by atoms with Crippen LogP contribution < -0.4 is 10.1 Å². The van der Waals surface area contributed by atoms with Gasteiger partial charge in [-0.2, -0.15) is 0 Å². The Hall–Kier alpha value is -4.05. The van der Waals surface area contributed by atoms with Crippen molar-refractivity contribution in [1.82, 2.24) is 0 Å². The normalized spacial score (nSPS) is 17.6. The number of carbonyl (C=O) groups excluding carboxylic acids is 1. The van der Waals surface area contributed by atoms with Crippen LogP contribution in [0.3, 0.4) is 0 Å². The number of aryl methyl sites for hydroxylation is 2. The summed E-state index contributed by atoms with van der Waals surface area (Å²) >= 11 is 0. The second-order valence-corrected chi connectivity index (χ2v) is 8.56. The van der Waals surface area contributed by atoms with Gasteiger partial charge in [0.2, 0.25) is 0 Å². The highest BCUT2D eigenvalue weighted by atomic mass is 16.6. The zero-order valence-electron chi connectivity index (χ0n) is 18.5. The lowest BCUT2D eigenvalue weighted by Gasteiger charge is -2.37. The Morgan fingerprint density at radius 1 is 0.818 bits per heavy atom. The molecule has 0 amide bonds. The van der Waals surface area contributed by atoms with Crippen molar-refractivity contribution in [3.8, 4) is 11.5 Å². The molecule has 4 aromatic carbocycles. The van der Waals surface area contributed by atoms with Crippen LogP contribution in [0.1, 0.15) is 45.1 Å². The minimum Gasteiger partial charge on any atom is -0.456 e. The molecule has 0 aliphatic carbocycles. The van der Waals surface area contributed by atoms with Crippen molar-refractivity contribution in [3.63, 3.8) is 0 Å². The predicted octanol–water partition coefficient (Wildman–Crippen LogP) is 6.87. The van der Waals surface area contributed by atoms with E-state index in [9.17, 15) is 4.79 Å². The van der Waals surface area contributed by atoms with E-state index in [2.05, 4.69) is 30.4 Å². The van der Waals surface area contributed by atoms with Crippen molar-refractivity contribution in [3.05, 3.63) is 118 Å². The summed E-state index contributed by atoms with van der Waals surface area (Å²) in [6.45, 7) is 4.17. The lowest BCUT2D eigenvalue weighted by Crippen LogP contribution is -2.33. The molecule has 33 heavy (non-hydrogen) atoms. The molecule has 4 heteroatoms. The zero-order valence-corrected chi connectivity index (χ0v) is 18.5. The topological polar surface area (TPSA) is 47.6 Å². The Labute approximate surface area is 192 Å². The van der Waals surface area contributed by atoms with Crippen molar-refractivity contribution >= 4 is 17.3 Å². The molecule has 0 bridgehead atoms. The molecule has 0 radical (unpaired) electrons. The van der Waals surface area contributed by atoms with Gasteiger partial charge in [0.15, 0.2) is 5.60 Å². The van der Waals surface area contributed by atoms with Crippen LogP contribution in [0.4, 0.5) is 11.4 Å². The Morgan fingerprint density at radius 3 is 2.39 bits per heavy atom. The number of benzene rings is 4. The van der Waals surface area contributed by atoms with E-state index < -0.39 is 5.60 Å². The molecule has 6 rings (SSSR count). The number of rotatable bonds is 3. The van der Waals surface area contributed by atoms with E-state index >= 15 is 0 Å². The third kappa shape index (κ3) is 2.87. The molecule has 2 aliphatic heterocycles. The first-order valence-corrected chi connectivity index (χ1v) is 11.2. The standard InChI is InChI=1S/C29H23NO3/c1-3-19-13-14-23-27(16-19)32-26-15-18(2)25(30-20-9-5-4-6-10-20)17-24(26)29(23)22-12-8-7-11-21(22)28(31)33-29/h4-17,30H,3H2,1-2H3. The van der Waals surface area contributed by atoms with E-state index in [1.54, 1.807) is 0 Å². The third-order valence-electron chi connectivity index (χ3n) is 6.58. The number of anilines is 2. The average Bonchev–Trinajstić information content (AvgIpc) is 3.13. The largest absolute Gasteiger partial charge is 0.456 e. The fourth-order valence-electron chi connectivity index (χ4n) is 4.90. The summed E-state index contributed by atoms with van der Waals surface area (Å²) in [6.07, 6.45) is 0.895. The van der Waals surface area contributed by atoms with Gasteiger partial charge in [0, 0.05) is 28.1 Å². The van der Waals surface area contributed by atoms with Crippen LogP contribution in [0.5, 0.6) is 11.5 Å². The average molecular weight is 434 g/mol. The first-order valence-electron chi connectivity index (χ1n) is 11.2. The molecular weight excluding hydrogens is 410 g/mol. The third-order valence-corrected chi connectivity index (χ3v) is 6.58. The number of fused-ring (bicyclic) bond motifs is 6. The highest BCUT2D eigenvalue weighted by Crippen LogP contribution is 2.57. The van der Waals surface area contributed by atoms with E-state index in [1.165, 1.54) is 5.56 Å². The van der Waals surface area contributed by atoms with E-state index in [1.807, 2.05) is 73.7 Å². The summed E-state index contributed by atoms with van der Waals surface area (Å²) in [4.78, 5) is 13.0. The van der Waals surface area contributed by atoms with Gasteiger partial charge in [0.05, 0.1) is 5.56 Å². The molecule has 1 spiro atoms. The lowest BCUT2D eigenvalue weighted by atomic mass is 9.77. The first-order chi connectivity index (χ1) is 16.1. The fourth-order valence-corrected chi connectivity index (χ4v) is 4.90. The molecule has 1 atom stereocenters. The summed E-state index contributed by atoms with van der Waals surface area (Å²) < 4.78 is 12.7. The van der Waals surface area contributed by atoms with Gasteiger partial charge in [-0.05, 0) is 60.9 Å². The maximum Gasteiger partial charge on any atom is 0.340 e. The molecule has 0 aromatic heterocycles. The minimum absolute atomic E-state index is 0.317. The molecule has 2 heterocycles. The maximum atomic E-state index is 13.0. The lowest BCUT2D eigenvalue weighted by molar-refractivity contribution is 0.0224. The minimum atomic E-state index is -1.05. The summed E-state index contributed by atoms with van der Waals surface area (Å²) in [7, 11) is 0. The van der Waals surface area contributed by atoms with Crippen LogP contribution in [0.25, 0.3) is 0 Å². The number of para-hydroxylation sites is 1. The summed E-state index contributed by atoms with van der Waals surface area (Å²) in [5.41, 5.74) is 6.20. The summed E-state index contributed by atoms with van der Waals surface area (Å²) in [5.74, 6) is 1.12. The number of esters is 1. The van der Waals surface area contributed by atoms with Crippen LogP contribution in [-0.4, -0.2) is 5.97 Å². The molecule has 2 aliphatic rings. The van der Waals surface area contributed by atoms with Crippen molar-refractivity contribution in [2.24, 2.45) is 0 Å². The van der Waals surface area contributed by atoms with Gasteiger partial charge in [-0.3, -0.25) is 0 Å². The Bertz CT molecular complexity index is 1410. The fraction of sp³-hybridized carbons (Fsp3) is 0.138. The molecule has 1 N–H and O–H groups in total. The van der Waals surface area contributed by atoms with Crippen LogP contribution in [0.15, 0.2) is 84.9 Å². The zero-order chi connectivity index (χ0) is 22.6. The van der Waals surface area contributed by atoms with E-state index in [-0.39, 0.29) is 5.97 Å². The molecular formula is C29H23NO3. The molecule has 4 aromatic rings. The van der Waals surface area contributed by atoms with Gasteiger partial charge in [-0.1, -0.05) is 55.5 Å². The van der Waals surface area contributed by atoms with E-state index in [0.29, 0.717) is 11.3 Å². The van der Waals surface area contributed by atoms with Crippen molar-refractivity contribution < 1.29 is 14.3 Å². The second-order valence-electron chi connectivity index (χ2n) is 8.56. The molecule has 4 nitrogen and oxygen atoms in total. The molecule has 0 fully saturated rings. The van der Waals surface area contributed by atoms with Gasteiger partial charge in [-0.25, -0.2) is 4.79 Å². The van der Waals surface area contributed by atoms with Crippen molar-refractivity contribution in [2.45, 2.75) is 25.9 Å². The smallest absolute Gasteiger partial charge is 0.340 e. The number of hydrogen-bond acceptors (Lipinski definition) is 4. The van der Waals surface area contributed by atoms with Crippen LogP contribution >= 0.6 is 0 Å². The van der Waals surface area contributed by atoms with Gasteiger partial charge < -0.3 is 14.8 Å². The molecule has 0 saturated heterocycles. The summed E-state index contributed by atoms with van der Waals surface area (Å²) in [6, 6.07) is 27.9. The van der Waals surface area contributed by atoms with Crippen LogP contribution in [0.2, 0.25) is 0 Å². The van der Waals surface area contributed by atoms with Crippen LogP contribution in [0, 0.1) is 6.92 Å². The van der Waals surface area contributed by atoms with Gasteiger partial charge in [0.25, 0.3) is 0 Å². The van der Waals surface area contributed by atoms with Crippen LogP contribution in [-0.2, 0) is 16.8 Å². The monoisotopic (exact) mass is 433 g/mol.